The van der Waals surface area contributed by atoms with Crippen molar-refractivity contribution in [1.82, 2.24) is 25.1 Å². The molecule has 1 unspecified atom stereocenters. The Morgan fingerprint density at radius 3 is 2.79 bits per heavy atom. The van der Waals surface area contributed by atoms with Gasteiger partial charge in [-0.05, 0) is 29.8 Å². The maximum atomic E-state index is 13.3. The Balaban J connectivity index is 1.53. The summed E-state index contributed by atoms with van der Waals surface area (Å²) in [5.74, 6) is -0.277. The first-order valence-corrected chi connectivity index (χ1v) is 9.38. The molecule has 144 valence electrons. The van der Waals surface area contributed by atoms with Crippen molar-refractivity contribution in [2.45, 2.75) is 12.6 Å². The number of pyridine rings is 1. The summed E-state index contributed by atoms with van der Waals surface area (Å²) in [6.45, 7) is 2.02. The van der Waals surface area contributed by atoms with Gasteiger partial charge >= 0.3 is 0 Å². The van der Waals surface area contributed by atoms with Crippen LogP contribution in [0.3, 0.4) is 0 Å². The van der Waals surface area contributed by atoms with Crippen molar-refractivity contribution in [2.75, 3.05) is 19.6 Å². The average Bonchev–Trinajstić information content (AvgIpc) is 3.09. The second kappa shape index (κ2) is 7.82. The van der Waals surface area contributed by atoms with Crippen LogP contribution in [0.15, 0.2) is 54.9 Å². The van der Waals surface area contributed by atoms with Crippen molar-refractivity contribution in [3.05, 3.63) is 66.1 Å². The summed E-state index contributed by atoms with van der Waals surface area (Å²) in [7, 11) is 1.89. The van der Waals surface area contributed by atoms with E-state index in [0.717, 1.165) is 16.5 Å². The fourth-order valence-corrected chi connectivity index (χ4v) is 3.63. The van der Waals surface area contributed by atoms with Gasteiger partial charge in [0.1, 0.15) is 11.7 Å². The van der Waals surface area contributed by atoms with Crippen molar-refractivity contribution in [2.24, 2.45) is 7.05 Å². The first-order valence-electron chi connectivity index (χ1n) is 9.38. The highest BCUT2D eigenvalue weighted by atomic mass is 16.2. The average molecular weight is 377 g/mol. The quantitative estimate of drug-likeness (QED) is 0.718. The fraction of sp³-hybridized carbons (Fsp3) is 0.286. The van der Waals surface area contributed by atoms with Crippen LogP contribution in [0.5, 0.6) is 0 Å². The van der Waals surface area contributed by atoms with E-state index in [0.29, 0.717) is 31.9 Å². The number of hydrogen-bond acceptors (Lipinski definition) is 4. The number of fused-ring (bicyclic) bond motifs is 1. The molecule has 2 aromatic heterocycles. The second-order valence-electron chi connectivity index (χ2n) is 6.94. The van der Waals surface area contributed by atoms with Gasteiger partial charge in [-0.3, -0.25) is 14.6 Å². The van der Waals surface area contributed by atoms with E-state index in [1.165, 1.54) is 0 Å². The molecule has 7 heteroatoms. The van der Waals surface area contributed by atoms with Crippen LogP contribution in [0.1, 0.15) is 16.1 Å². The number of aromatic nitrogens is 2. The maximum absolute atomic E-state index is 13.3. The van der Waals surface area contributed by atoms with Crippen molar-refractivity contribution in [1.29, 1.82) is 0 Å². The van der Waals surface area contributed by atoms with E-state index in [1.807, 2.05) is 54.1 Å². The van der Waals surface area contributed by atoms with Crippen LogP contribution in [0.4, 0.5) is 0 Å². The Morgan fingerprint density at radius 1 is 1.21 bits per heavy atom. The van der Waals surface area contributed by atoms with Crippen molar-refractivity contribution in [3.8, 4) is 0 Å². The van der Waals surface area contributed by atoms with Gasteiger partial charge in [0.15, 0.2) is 0 Å². The molecular formula is C21H23N5O2. The standard InChI is InChI=1S/C21H23N5O2/c1-25-17-5-3-2-4-16(17)12-18(25)21(28)26-11-10-23-14-19(26)20(27)24-13-15-6-8-22-9-7-15/h2-9,12,19,23H,10-11,13-14H2,1H3,(H,24,27). The van der Waals surface area contributed by atoms with Crippen LogP contribution in [0.25, 0.3) is 10.9 Å². The monoisotopic (exact) mass is 377 g/mol. The molecule has 1 aliphatic heterocycles. The van der Waals surface area contributed by atoms with Crippen LogP contribution < -0.4 is 10.6 Å². The van der Waals surface area contributed by atoms with Gasteiger partial charge in [-0.25, -0.2) is 0 Å². The van der Waals surface area contributed by atoms with Crippen LogP contribution in [0, 0.1) is 0 Å². The lowest BCUT2D eigenvalue weighted by molar-refractivity contribution is -0.126. The first-order chi connectivity index (χ1) is 13.6. The molecule has 0 spiro atoms. The van der Waals surface area contributed by atoms with E-state index in [9.17, 15) is 9.59 Å². The number of carbonyl (C=O) groups excluding carboxylic acids is 2. The van der Waals surface area contributed by atoms with E-state index in [1.54, 1.807) is 17.3 Å². The molecule has 3 aromatic rings. The molecule has 7 nitrogen and oxygen atoms in total. The number of amides is 2. The molecule has 0 bridgehead atoms. The van der Waals surface area contributed by atoms with Crippen LogP contribution in [0.2, 0.25) is 0 Å². The molecule has 2 amide bonds. The van der Waals surface area contributed by atoms with E-state index in [-0.39, 0.29) is 11.8 Å². The summed E-state index contributed by atoms with van der Waals surface area (Å²) in [6.07, 6.45) is 3.39. The minimum atomic E-state index is -0.541. The molecule has 0 radical (unpaired) electrons. The molecule has 28 heavy (non-hydrogen) atoms. The number of piperazine rings is 1. The molecule has 0 aliphatic carbocycles. The highest BCUT2D eigenvalue weighted by Crippen LogP contribution is 2.21. The Morgan fingerprint density at radius 2 is 2.00 bits per heavy atom. The van der Waals surface area contributed by atoms with E-state index >= 15 is 0 Å². The molecule has 1 aliphatic rings. The van der Waals surface area contributed by atoms with Gasteiger partial charge in [0, 0.05) is 56.5 Å². The third-order valence-corrected chi connectivity index (χ3v) is 5.19. The molecular weight excluding hydrogens is 354 g/mol. The Hall–Kier alpha value is -3.19. The minimum Gasteiger partial charge on any atom is -0.350 e. The van der Waals surface area contributed by atoms with Crippen LogP contribution in [-0.2, 0) is 18.4 Å². The molecule has 1 saturated heterocycles. The second-order valence-corrected chi connectivity index (χ2v) is 6.94. The molecule has 1 fully saturated rings. The van der Waals surface area contributed by atoms with Crippen LogP contribution in [-0.4, -0.2) is 51.9 Å². The molecule has 3 heterocycles. The Kier molecular flexibility index (Phi) is 5.08. The number of carbonyl (C=O) groups is 2. The largest absolute Gasteiger partial charge is 0.350 e. The summed E-state index contributed by atoms with van der Waals surface area (Å²) in [5.41, 5.74) is 2.56. The number of nitrogens with one attached hydrogen (secondary N) is 2. The molecule has 1 aromatic carbocycles. The van der Waals surface area contributed by atoms with Gasteiger partial charge in [-0.1, -0.05) is 18.2 Å². The van der Waals surface area contributed by atoms with Gasteiger partial charge in [-0.2, -0.15) is 0 Å². The van der Waals surface area contributed by atoms with Gasteiger partial charge in [-0.15, -0.1) is 0 Å². The summed E-state index contributed by atoms with van der Waals surface area (Å²) >= 11 is 0. The van der Waals surface area contributed by atoms with Crippen LogP contribution >= 0.6 is 0 Å². The van der Waals surface area contributed by atoms with Crippen molar-refractivity contribution >= 4 is 22.7 Å². The SMILES string of the molecule is Cn1c(C(=O)N2CCNCC2C(=O)NCc2ccncc2)cc2ccccc21. The van der Waals surface area contributed by atoms with Gasteiger partial charge in [0.25, 0.3) is 5.91 Å². The van der Waals surface area contributed by atoms with Gasteiger partial charge in [0.05, 0.1) is 0 Å². The zero-order chi connectivity index (χ0) is 19.5. The molecule has 0 saturated carbocycles. The number of para-hydroxylation sites is 1. The summed E-state index contributed by atoms with van der Waals surface area (Å²) in [5, 5.41) is 7.17. The number of benzene rings is 1. The smallest absolute Gasteiger partial charge is 0.271 e. The highest BCUT2D eigenvalue weighted by Gasteiger charge is 2.33. The Bertz CT molecular complexity index is 998. The predicted octanol–water partition coefficient (Wildman–Crippen LogP) is 1.30. The van der Waals surface area contributed by atoms with E-state index in [4.69, 9.17) is 0 Å². The zero-order valence-corrected chi connectivity index (χ0v) is 15.8. The highest BCUT2D eigenvalue weighted by molar-refractivity contribution is 6.01. The number of aryl methyl sites for hydroxylation is 1. The summed E-state index contributed by atoms with van der Waals surface area (Å²) in [6, 6.07) is 13.0. The summed E-state index contributed by atoms with van der Waals surface area (Å²) < 4.78 is 1.89. The van der Waals surface area contributed by atoms with E-state index < -0.39 is 6.04 Å². The third kappa shape index (κ3) is 3.48. The lowest BCUT2D eigenvalue weighted by Crippen LogP contribution is -2.59. The molecule has 2 N–H and O–H groups in total. The topological polar surface area (TPSA) is 79.3 Å². The lowest BCUT2D eigenvalue weighted by Gasteiger charge is -2.35. The Labute approximate surface area is 163 Å². The number of hydrogen-bond donors (Lipinski definition) is 2. The fourth-order valence-electron chi connectivity index (χ4n) is 3.63. The first kappa shape index (κ1) is 18.2. The lowest BCUT2D eigenvalue weighted by atomic mass is 10.1. The normalized spacial score (nSPS) is 16.9. The van der Waals surface area contributed by atoms with Crippen molar-refractivity contribution < 1.29 is 9.59 Å². The van der Waals surface area contributed by atoms with E-state index in [2.05, 4.69) is 15.6 Å². The third-order valence-electron chi connectivity index (χ3n) is 5.19. The minimum absolute atomic E-state index is 0.121. The van der Waals surface area contributed by atoms with Gasteiger partial charge in [0.2, 0.25) is 5.91 Å². The molecule has 4 rings (SSSR count). The maximum Gasteiger partial charge on any atom is 0.271 e. The molecule has 1 atom stereocenters. The van der Waals surface area contributed by atoms with Gasteiger partial charge < -0.3 is 20.1 Å². The van der Waals surface area contributed by atoms with Crippen molar-refractivity contribution in [3.63, 3.8) is 0 Å². The number of rotatable bonds is 4. The predicted molar refractivity (Wildman–Crippen MR) is 107 cm³/mol. The number of nitrogens with zero attached hydrogens (tertiary/aromatic N) is 3. The zero-order valence-electron chi connectivity index (χ0n) is 15.8. The summed E-state index contributed by atoms with van der Waals surface area (Å²) in [4.78, 5) is 31.7.